The number of amides is 1. The number of aliphatic hydroxyl groups is 1. The second kappa shape index (κ2) is 7.62. The van der Waals surface area contributed by atoms with E-state index in [9.17, 15) is 9.90 Å². The molecule has 2 N–H and O–H groups in total. The Labute approximate surface area is 169 Å². The summed E-state index contributed by atoms with van der Waals surface area (Å²) in [7, 11) is 0. The Kier molecular flexibility index (Phi) is 4.83. The summed E-state index contributed by atoms with van der Waals surface area (Å²) in [6, 6.07) is 3.96. The van der Waals surface area contributed by atoms with Gasteiger partial charge in [-0.25, -0.2) is 4.98 Å². The molecule has 4 heterocycles. The Morgan fingerprint density at radius 1 is 1.21 bits per heavy atom. The molecule has 1 atom stereocenters. The minimum absolute atomic E-state index is 0.154. The van der Waals surface area contributed by atoms with Crippen molar-refractivity contribution in [1.29, 1.82) is 0 Å². The quantitative estimate of drug-likeness (QED) is 0.765. The topological polar surface area (TPSA) is 99.4 Å². The highest BCUT2D eigenvalue weighted by molar-refractivity contribution is 5.79. The second-order valence-corrected chi connectivity index (χ2v) is 8.22. The molecule has 9 nitrogen and oxygen atoms in total. The third-order valence-corrected chi connectivity index (χ3v) is 6.17. The van der Waals surface area contributed by atoms with Gasteiger partial charge in [-0.3, -0.25) is 9.48 Å². The average Bonchev–Trinajstić information content (AvgIpc) is 3.30. The lowest BCUT2D eigenvalue weighted by Crippen LogP contribution is -2.35. The second-order valence-electron chi connectivity index (χ2n) is 8.22. The van der Waals surface area contributed by atoms with Crippen molar-refractivity contribution in [1.82, 2.24) is 25.1 Å². The summed E-state index contributed by atoms with van der Waals surface area (Å²) < 4.78 is 2.02. The Balaban J connectivity index is 1.24. The molecule has 0 radical (unpaired) electrons. The van der Waals surface area contributed by atoms with Crippen molar-refractivity contribution in [3.05, 3.63) is 29.7 Å². The van der Waals surface area contributed by atoms with Crippen LogP contribution in [0, 0.1) is 5.92 Å². The first kappa shape index (κ1) is 18.4. The number of carbonyl (C=O) groups excluding carboxylic acids is 1. The fourth-order valence-electron chi connectivity index (χ4n) is 4.19. The van der Waals surface area contributed by atoms with E-state index in [2.05, 4.69) is 31.3 Å². The highest BCUT2D eigenvalue weighted by atomic mass is 16.3. The molecule has 0 unspecified atom stereocenters. The summed E-state index contributed by atoms with van der Waals surface area (Å²) in [5.74, 6) is 1.92. The zero-order valence-electron chi connectivity index (χ0n) is 16.5. The molecule has 1 amide bonds. The number of hydrogen-bond donors (Lipinski definition) is 2. The first-order valence-electron chi connectivity index (χ1n) is 10.5. The van der Waals surface area contributed by atoms with Crippen LogP contribution in [0.3, 0.4) is 0 Å². The molecule has 1 aliphatic carbocycles. The van der Waals surface area contributed by atoms with Crippen molar-refractivity contribution < 1.29 is 9.90 Å². The van der Waals surface area contributed by atoms with E-state index in [1.807, 2.05) is 10.7 Å². The zero-order chi connectivity index (χ0) is 19.8. The molecule has 5 rings (SSSR count). The van der Waals surface area contributed by atoms with Crippen molar-refractivity contribution in [2.45, 2.75) is 51.4 Å². The lowest BCUT2D eigenvalue weighted by Gasteiger charge is -2.28. The SMILES string of the molecule is O=C(NCc1cc2n(n1)CCN(c1nccc(N3CC[C@H](O)C3)n1)C2)C1CCC1. The number of aliphatic hydroxyl groups excluding tert-OH is 1. The molecule has 29 heavy (non-hydrogen) atoms. The van der Waals surface area contributed by atoms with E-state index in [1.54, 1.807) is 6.20 Å². The molecule has 1 saturated heterocycles. The maximum Gasteiger partial charge on any atom is 0.227 e. The molecule has 2 aromatic rings. The third kappa shape index (κ3) is 3.78. The van der Waals surface area contributed by atoms with Crippen LogP contribution in [0.25, 0.3) is 0 Å². The number of β-amino-alcohol motifs (C(OH)–C–C–N with tert-alkyl or cyclic N) is 1. The van der Waals surface area contributed by atoms with Gasteiger partial charge in [-0.05, 0) is 31.4 Å². The fraction of sp³-hybridized carbons (Fsp3) is 0.600. The first-order valence-corrected chi connectivity index (χ1v) is 10.5. The van der Waals surface area contributed by atoms with Gasteiger partial charge in [0.15, 0.2) is 0 Å². The monoisotopic (exact) mass is 397 g/mol. The lowest BCUT2D eigenvalue weighted by molar-refractivity contribution is -0.127. The molecule has 2 fully saturated rings. The molecule has 2 aliphatic heterocycles. The van der Waals surface area contributed by atoms with Gasteiger partial charge in [0, 0.05) is 31.7 Å². The van der Waals surface area contributed by atoms with Crippen molar-refractivity contribution in [3.8, 4) is 0 Å². The van der Waals surface area contributed by atoms with Crippen LogP contribution in [0.5, 0.6) is 0 Å². The highest BCUT2D eigenvalue weighted by Crippen LogP contribution is 2.26. The molecular weight excluding hydrogens is 370 g/mol. The largest absolute Gasteiger partial charge is 0.391 e. The predicted octanol–water partition coefficient (Wildman–Crippen LogP) is 0.681. The minimum Gasteiger partial charge on any atom is -0.391 e. The molecule has 0 spiro atoms. The van der Waals surface area contributed by atoms with E-state index < -0.39 is 0 Å². The van der Waals surface area contributed by atoms with E-state index in [4.69, 9.17) is 4.98 Å². The molecule has 2 aromatic heterocycles. The smallest absolute Gasteiger partial charge is 0.227 e. The predicted molar refractivity (Wildman–Crippen MR) is 107 cm³/mol. The van der Waals surface area contributed by atoms with Gasteiger partial charge in [0.2, 0.25) is 11.9 Å². The summed E-state index contributed by atoms with van der Waals surface area (Å²) in [5, 5.41) is 17.4. The summed E-state index contributed by atoms with van der Waals surface area (Å²) in [6.07, 6.45) is 5.47. The van der Waals surface area contributed by atoms with Crippen LogP contribution < -0.4 is 15.1 Å². The van der Waals surface area contributed by atoms with Gasteiger partial charge in [0.1, 0.15) is 5.82 Å². The highest BCUT2D eigenvalue weighted by Gasteiger charge is 2.26. The van der Waals surface area contributed by atoms with Crippen molar-refractivity contribution in [2.24, 2.45) is 5.92 Å². The van der Waals surface area contributed by atoms with Gasteiger partial charge in [-0.15, -0.1) is 0 Å². The standard InChI is InChI=1S/C20H27N7O2/c28-17-5-7-25(13-17)18-4-6-21-20(23-18)26-8-9-27-16(12-26)10-15(24-27)11-22-19(29)14-2-1-3-14/h4,6,10,14,17,28H,1-3,5,7-9,11-13H2,(H,22,29)/t17-/m0/s1. The molecule has 0 aromatic carbocycles. The number of aromatic nitrogens is 4. The zero-order valence-corrected chi connectivity index (χ0v) is 16.5. The number of nitrogens with zero attached hydrogens (tertiary/aromatic N) is 6. The number of nitrogens with one attached hydrogen (secondary N) is 1. The van der Waals surface area contributed by atoms with Crippen molar-refractivity contribution in [2.75, 3.05) is 29.4 Å². The average molecular weight is 397 g/mol. The minimum atomic E-state index is -0.277. The Bertz CT molecular complexity index is 895. The maximum atomic E-state index is 12.0. The van der Waals surface area contributed by atoms with Gasteiger partial charge in [0.05, 0.1) is 37.1 Å². The molecule has 1 saturated carbocycles. The van der Waals surface area contributed by atoms with Crippen molar-refractivity contribution >= 4 is 17.7 Å². The van der Waals surface area contributed by atoms with Gasteiger partial charge in [-0.2, -0.15) is 10.1 Å². The summed E-state index contributed by atoms with van der Waals surface area (Å²) >= 11 is 0. The number of hydrogen-bond acceptors (Lipinski definition) is 7. The molecule has 9 heteroatoms. The number of carbonyl (C=O) groups is 1. The lowest BCUT2D eigenvalue weighted by atomic mass is 9.85. The van der Waals surface area contributed by atoms with Crippen molar-refractivity contribution in [3.63, 3.8) is 0 Å². The van der Waals surface area contributed by atoms with Gasteiger partial charge in [-0.1, -0.05) is 6.42 Å². The van der Waals surface area contributed by atoms with E-state index in [0.29, 0.717) is 25.6 Å². The van der Waals surface area contributed by atoms with Gasteiger partial charge >= 0.3 is 0 Å². The van der Waals surface area contributed by atoms with Crippen LogP contribution in [0.4, 0.5) is 11.8 Å². The van der Waals surface area contributed by atoms with Gasteiger partial charge < -0.3 is 20.2 Å². The first-order chi connectivity index (χ1) is 14.2. The fourth-order valence-corrected chi connectivity index (χ4v) is 4.19. The van der Waals surface area contributed by atoms with Crippen LogP contribution in [0.15, 0.2) is 18.3 Å². The molecular formula is C20H27N7O2. The van der Waals surface area contributed by atoms with Crippen LogP contribution in [-0.4, -0.2) is 56.5 Å². The normalized spacial score (nSPS) is 21.8. The summed E-state index contributed by atoms with van der Waals surface area (Å²) in [4.78, 5) is 25.5. The third-order valence-electron chi connectivity index (χ3n) is 6.17. The van der Waals surface area contributed by atoms with E-state index in [-0.39, 0.29) is 17.9 Å². The van der Waals surface area contributed by atoms with E-state index in [0.717, 1.165) is 62.5 Å². The summed E-state index contributed by atoms with van der Waals surface area (Å²) in [6.45, 7) is 4.17. The number of fused-ring (bicyclic) bond motifs is 1. The molecule has 154 valence electrons. The Morgan fingerprint density at radius 2 is 2.10 bits per heavy atom. The Hall–Kier alpha value is -2.68. The van der Waals surface area contributed by atoms with Crippen LogP contribution >= 0.6 is 0 Å². The molecule has 3 aliphatic rings. The summed E-state index contributed by atoms with van der Waals surface area (Å²) in [5.41, 5.74) is 2.00. The maximum absolute atomic E-state index is 12.0. The number of anilines is 2. The van der Waals surface area contributed by atoms with Crippen LogP contribution in [0.2, 0.25) is 0 Å². The molecule has 0 bridgehead atoms. The van der Waals surface area contributed by atoms with Gasteiger partial charge in [0.25, 0.3) is 0 Å². The Morgan fingerprint density at radius 3 is 2.86 bits per heavy atom. The van der Waals surface area contributed by atoms with E-state index in [1.165, 1.54) is 0 Å². The van der Waals surface area contributed by atoms with E-state index >= 15 is 0 Å². The number of rotatable bonds is 5. The van der Waals surface area contributed by atoms with Crippen LogP contribution in [0.1, 0.15) is 37.1 Å². The van der Waals surface area contributed by atoms with Crippen LogP contribution in [-0.2, 0) is 24.4 Å².